The van der Waals surface area contributed by atoms with Crippen LogP contribution in [0.25, 0.3) is 0 Å². The van der Waals surface area contributed by atoms with Crippen molar-refractivity contribution in [1.82, 2.24) is 4.90 Å². The maximum Gasteiger partial charge on any atom is 0.307 e. The van der Waals surface area contributed by atoms with Crippen LogP contribution in [0.1, 0.15) is 34.2 Å². The van der Waals surface area contributed by atoms with Crippen LogP contribution in [0.5, 0.6) is 0 Å². The summed E-state index contributed by atoms with van der Waals surface area (Å²) in [6.07, 6.45) is -0.226. The highest BCUT2D eigenvalue weighted by Gasteiger charge is 2.72. The molecule has 1 saturated heterocycles. The number of ether oxygens (including phenoxy) is 1. The zero-order valence-electron chi connectivity index (χ0n) is 18.9. The fourth-order valence-electron chi connectivity index (χ4n) is 5.99. The summed E-state index contributed by atoms with van der Waals surface area (Å²) in [6, 6.07) is 20.8. The van der Waals surface area contributed by atoms with Crippen molar-refractivity contribution >= 4 is 41.0 Å². The molecule has 0 aromatic heterocycles. The number of imide groups is 1. The lowest BCUT2D eigenvalue weighted by molar-refractivity contribution is -0.146. The van der Waals surface area contributed by atoms with Crippen LogP contribution in [-0.2, 0) is 35.5 Å². The van der Waals surface area contributed by atoms with Crippen LogP contribution in [-0.4, -0.2) is 29.2 Å². The molecule has 0 saturated carbocycles. The Bertz CT molecular complexity index is 1320. The quantitative estimate of drug-likeness (QED) is 0.272. The Morgan fingerprint density at radius 3 is 1.72 bits per heavy atom. The summed E-state index contributed by atoms with van der Waals surface area (Å²) in [7, 11) is 0. The van der Waals surface area contributed by atoms with Gasteiger partial charge in [0.2, 0.25) is 11.8 Å². The molecular formula is C28H20Cl2FNO4. The van der Waals surface area contributed by atoms with Crippen LogP contribution in [0, 0.1) is 17.7 Å². The molecule has 1 fully saturated rings. The number of likely N-dealkylation sites (tertiary alicyclic amines) is 1. The first-order valence-electron chi connectivity index (χ1n) is 11.6. The van der Waals surface area contributed by atoms with E-state index in [2.05, 4.69) is 0 Å². The number of halogens is 3. The molecule has 36 heavy (non-hydrogen) atoms. The minimum absolute atomic E-state index is 0.173. The lowest BCUT2D eigenvalue weighted by atomic mass is 9.54. The maximum atomic E-state index is 13.8. The van der Waals surface area contributed by atoms with E-state index in [1.165, 1.54) is 12.1 Å². The second-order valence-electron chi connectivity index (χ2n) is 9.30. The standard InChI is InChI=1S/C28H20Cl2FNO4/c29-27-17-8-2-3-9-18(17)28(30,20-11-5-4-10-19(20)27)24-23(27)25(34)32(26(24)35)14-13-22(33)36-15-16-7-1-6-12-21(16)31/h1-12,23-24H,13-15H2/t23-,24-,27?,28?/m1/s1. The molecule has 2 atom stereocenters. The summed E-state index contributed by atoms with van der Waals surface area (Å²) in [4.78, 5) is 38.3. The number of nitrogens with zero attached hydrogens (tertiary/aromatic N) is 1. The van der Waals surface area contributed by atoms with Crippen LogP contribution in [0.15, 0.2) is 72.8 Å². The lowest BCUT2D eigenvalue weighted by Gasteiger charge is -2.54. The molecule has 0 spiro atoms. The lowest BCUT2D eigenvalue weighted by Crippen LogP contribution is -2.57. The van der Waals surface area contributed by atoms with Gasteiger partial charge in [0.05, 0.1) is 18.3 Å². The summed E-state index contributed by atoms with van der Waals surface area (Å²) in [5.41, 5.74) is 3.11. The van der Waals surface area contributed by atoms with E-state index in [4.69, 9.17) is 27.9 Å². The number of benzene rings is 3. The van der Waals surface area contributed by atoms with E-state index in [1.54, 1.807) is 12.1 Å². The molecule has 1 aliphatic heterocycles. The largest absolute Gasteiger partial charge is 0.461 e. The first kappa shape index (κ1) is 23.2. The van der Waals surface area contributed by atoms with Gasteiger partial charge in [-0.3, -0.25) is 19.3 Å². The average molecular weight is 524 g/mol. The molecule has 0 unspecified atom stereocenters. The SMILES string of the molecule is O=C(CCN1C(=O)[C@H]2[C@H](C1=O)C1(Cl)c3ccccc3C2(Cl)c2ccccc21)OCc1ccccc1F. The van der Waals surface area contributed by atoms with Gasteiger partial charge < -0.3 is 4.74 Å². The van der Waals surface area contributed by atoms with Gasteiger partial charge in [0.15, 0.2) is 0 Å². The second kappa shape index (κ2) is 8.15. The Morgan fingerprint density at radius 1 is 0.806 bits per heavy atom. The molecule has 1 heterocycles. The first-order valence-corrected chi connectivity index (χ1v) is 12.4. The van der Waals surface area contributed by atoms with Crippen LogP contribution in [0.2, 0.25) is 0 Å². The Hall–Kier alpha value is -3.22. The monoisotopic (exact) mass is 523 g/mol. The zero-order valence-corrected chi connectivity index (χ0v) is 20.4. The molecule has 8 heteroatoms. The molecule has 7 rings (SSSR count). The molecule has 5 nitrogen and oxygen atoms in total. The summed E-state index contributed by atoms with van der Waals surface area (Å²) < 4.78 is 19.0. The van der Waals surface area contributed by atoms with Crippen LogP contribution < -0.4 is 0 Å². The summed E-state index contributed by atoms with van der Waals surface area (Å²) in [5, 5.41) is 0. The highest BCUT2D eigenvalue weighted by molar-refractivity contribution is 6.36. The number of alkyl halides is 2. The smallest absolute Gasteiger partial charge is 0.307 e. The fraction of sp³-hybridized carbons (Fsp3) is 0.250. The number of hydrogen-bond acceptors (Lipinski definition) is 4. The number of amides is 2. The van der Waals surface area contributed by atoms with Crippen molar-refractivity contribution in [2.24, 2.45) is 11.8 Å². The Kier molecular flexibility index (Phi) is 5.25. The average Bonchev–Trinajstić information content (AvgIpc) is 3.16. The number of carbonyl (C=O) groups excluding carboxylic acids is 3. The van der Waals surface area contributed by atoms with Crippen molar-refractivity contribution in [2.45, 2.75) is 22.8 Å². The summed E-state index contributed by atoms with van der Waals surface area (Å²) in [6.45, 7) is -0.410. The fourth-order valence-corrected chi connectivity index (χ4v) is 7.09. The third kappa shape index (κ3) is 2.98. The molecule has 3 aromatic rings. The van der Waals surface area contributed by atoms with Gasteiger partial charge in [-0.05, 0) is 28.3 Å². The number of esters is 1. The van der Waals surface area contributed by atoms with Gasteiger partial charge in [-0.1, -0.05) is 66.7 Å². The van der Waals surface area contributed by atoms with E-state index in [1.807, 2.05) is 48.5 Å². The van der Waals surface area contributed by atoms with Crippen molar-refractivity contribution in [3.05, 3.63) is 106 Å². The van der Waals surface area contributed by atoms with Gasteiger partial charge in [-0.2, -0.15) is 0 Å². The van der Waals surface area contributed by atoms with Crippen molar-refractivity contribution in [2.75, 3.05) is 6.54 Å². The summed E-state index contributed by atoms with van der Waals surface area (Å²) in [5.74, 6) is -3.88. The molecule has 3 aromatic carbocycles. The molecule has 0 radical (unpaired) electrons. The van der Waals surface area contributed by atoms with Crippen molar-refractivity contribution in [1.29, 1.82) is 0 Å². The van der Waals surface area contributed by atoms with Gasteiger partial charge in [-0.25, -0.2) is 4.39 Å². The third-order valence-corrected chi connectivity index (χ3v) is 8.85. The van der Waals surface area contributed by atoms with Crippen molar-refractivity contribution in [3.8, 4) is 0 Å². The van der Waals surface area contributed by atoms with Gasteiger partial charge in [0.25, 0.3) is 0 Å². The van der Waals surface area contributed by atoms with Gasteiger partial charge in [-0.15, -0.1) is 23.2 Å². The highest BCUT2D eigenvalue weighted by atomic mass is 35.5. The van der Waals surface area contributed by atoms with Crippen LogP contribution in [0.3, 0.4) is 0 Å². The summed E-state index contributed by atoms with van der Waals surface area (Å²) >= 11 is 14.7. The Balaban J connectivity index is 1.29. The van der Waals surface area contributed by atoms with E-state index >= 15 is 0 Å². The van der Waals surface area contributed by atoms with Gasteiger partial charge >= 0.3 is 5.97 Å². The second-order valence-corrected chi connectivity index (χ2v) is 10.5. The predicted octanol–water partition coefficient (Wildman–Crippen LogP) is 4.85. The minimum Gasteiger partial charge on any atom is -0.461 e. The van der Waals surface area contributed by atoms with E-state index in [9.17, 15) is 18.8 Å². The Labute approximate surface area is 216 Å². The maximum absolute atomic E-state index is 13.8. The van der Waals surface area contributed by atoms with E-state index in [0.717, 1.165) is 4.90 Å². The minimum atomic E-state index is -1.26. The first-order chi connectivity index (χ1) is 17.3. The zero-order chi connectivity index (χ0) is 25.2. The molecule has 2 bridgehead atoms. The number of carbonyl (C=O) groups is 3. The van der Waals surface area contributed by atoms with Gasteiger partial charge in [0.1, 0.15) is 22.2 Å². The Morgan fingerprint density at radius 2 is 1.25 bits per heavy atom. The van der Waals surface area contributed by atoms with E-state index in [0.29, 0.717) is 22.3 Å². The van der Waals surface area contributed by atoms with E-state index < -0.39 is 45.2 Å². The molecule has 4 aliphatic rings. The van der Waals surface area contributed by atoms with E-state index in [-0.39, 0.29) is 25.1 Å². The van der Waals surface area contributed by atoms with Gasteiger partial charge in [0, 0.05) is 12.1 Å². The molecular weight excluding hydrogens is 504 g/mol. The molecule has 0 N–H and O–H groups in total. The highest BCUT2D eigenvalue weighted by Crippen LogP contribution is 2.69. The topological polar surface area (TPSA) is 63.7 Å². The molecule has 2 amide bonds. The predicted molar refractivity (Wildman–Crippen MR) is 131 cm³/mol. The molecule has 182 valence electrons. The van der Waals surface area contributed by atoms with Crippen LogP contribution >= 0.6 is 23.2 Å². The van der Waals surface area contributed by atoms with Crippen LogP contribution in [0.4, 0.5) is 4.39 Å². The molecule has 3 aliphatic carbocycles. The van der Waals surface area contributed by atoms with Crippen molar-refractivity contribution < 1.29 is 23.5 Å². The number of rotatable bonds is 5. The third-order valence-electron chi connectivity index (χ3n) is 7.56. The van der Waals surface area contributed by atoms with Crippen molar-refractivity contribution in [3.63, 3.8) is 0 Å². The number of hydrogen-bond donors (Lipinski definition) is 0. The normalized spacial score (nSPS) is 27.5.